The third kappa shape index (κ3) is 2.77. The lowest BCUT2D eigenvalue weighted by atomic mass is 10.1. The molecule has 16 heavy (non-hydrogen) atoms. The summed E-state index contributed by atoms with van der Waals surface area (Å²) >= 11 is 0. The van der Waals surface area contributed by atoms with Crippen molar-refractivity contribution in [3.63, 3.8) is 0 Å². The summed E-state index contributed by atoms with van der Waals surface area (Å²) in [4.78, 5) is -0.491. The highest BCUT2D eigenvalue weighted by atomic mass is 32.2. The van der Waals surface area contributed by atoms with Crippen molar-refractivity contribution in [1.82, 2.24) is 0 Å². The highest BCUT2D eigenvalue weighted by Gasteiger charge is 2.24. The van der Waals surface area contributed by atoms with E-state index in [1.807, 2.05) is 0 Å². The molecular formula is C9H12O6S. The summed E-state index contributed by atoms with van der Waals surface area (Å²) in [5, 5.41) is 27.4. The molecule has 0 aliphatic rings. The second kappa shape index (κ2) is 4.89. The predicted molar refractivity (Wildman–Crippen MR) is 54.3 cm³/mol. The molecule has 0 aliphatic carbocycles. The van der Waals surface area contributed by atoms with E-state index in [-0.39, 0.29) is 5.56 Å². The quantitative estimate of drug-likeness (QED) is 0.525. The second-order valence-electron chi connectivity index (χ2n) is 3.21. The van der Waals surface area contributed by atoms with Crippen LogP contribution < -0.4 is 0 Å². The van der Waals surface area contributed by atoms with Gasteiger partial charge in [-0.3, -0.25) is 4.55 Å². The Bertz CT molecular complexity index is 455. The van der Waals surface area contributed by atoms with Gasteiger partial charge >= 0.3 is 0 Å². The van der Waals surface area contributed by atoms with E-state index >= 15 is 0 Å². The van der Waals surface area contributed by atoms with Crippen molar-refractivity contribution in [1.29, 1.82) is 0 Å². The molecule has 4 N–H and O–H groups in total. The maximum absolute atomic E-state index is 11.0. The van der Waals surface area contributed by atoms with Crippen LogP contribution in [0.1, 0.15) is 11.7 Å². The normalized spacial score (nSPS) is 15.8. The lowest BCUT2D eigenvalue weighted by Crippen LogP contribution is -2.23. The Morgan fingerprint density at radius 1 is 1.19 bits per heavy atom. The first-order chi connectivity index (χ1) is 7.38. The lowest BCUT2D eigenvalue weighted by molar-refractivity contribution is -0.0166. The van der Waals surface area contributed by atoms with Gasteiger partial charge in [0.15, 0.2) is 0 Å². The molecule has 0 fully saturated rings. The third-order valence-electron chi connectivity index (χ3n) is 2.07. The zero-order valence-electron chi connectivity index (χ0n) is 8.18. The molecule has 7 heteroatoms. The molecule has 0 amide bonds. The molecule has 6 nitrogen and oxygen atoms in total. The van der Waals surface area contributed by atoms with E-state index in [1.54, 1.807) is 0 Å². The zero-order valence-corrected chi connectivity index (χ0v) is 9.00. The molecule has 0 saturated carbocycles. The number of hydrogen-bond donors (Lipinski definition) is 4. The van der Waals surface area contributed by atoms with E-state index in [0.29, 0.717) is 0 Å². The molecule has 0 aromatic heterocycles. The minimum absolute atomic E-state index is 0.161. The molecule has 2 unspecified atom stereocenters. The molecular weight excluding hydrogens is 236 g/mol. The van der Waals surface area contributed by atoms with Gasteiger partial charge in [0.25, 0.3) is 10.1 Å². The first kappa shape index (κ1) is 13.1. The SMILES string of the molecule is O=S(=O)(O)c1ccccc1C(O)C(O)CO. The topological polar surface area (TPSA) is 115 Å². The van der Waals surface area contributed by atoms with E-state index in [0.717, 1.165) is 6.07 Å². The summed E-state index contributed by atoms with van der Waals surface area (Å²) in [7, 11) is -4.47. The monoisotopic (exact) mass is 248 g/mol. The fourth-order valence-corrected chi connectivity index (χ4v) is 2.00. The maximum Gasteiger partial charge on any atom is 0.294 e. The van der Waals surface area contributed by atoms with Crippen LogP contribution in [0.2, 0.25) is 0 Å². The number of benzene rings is 1. The molecule has 0 heterocycles. The molecule has 0 spiro atoms. The van der Waals surface area contributed by atoms with Crippen LogP contribution in [0.3, 0.4) is 0 Å². The first-order valence-corrected chi connectivity index (χ1v) is 5.85. The lowest BCUT2D eigenvalue weighted by Gasteiger charge is -2.17. The minimum atomic E-state index is -4.47. The maximum atomic E-state index is 11.0. The molecule has 0 bridgehead atoms. The molecule has 0 saturated heterocycles. The van der Waals surface area contributed by atoms with Crippen LogP contribution >= 0.6 is 0 Å². The van der Waals surface area contributed by atoms with Gasteiger partial charge in [0, 0.05) is 5.56 Å². The molecule has 2 atom stereocenters. The van der Waals surface area contributed by atoms with E-state index in [2.05, 4.69) is 0 Å². The highest BCUT2D eigenvalue weighted by Crippen LogP contribution is 2.24. The van der Waals surface area contributed by atoms with Gasteiger partial charge in [0.2, 0.25) is 0 Å². The molecule has 0 radical (unpaired) electrons. The van der Waals surface area contributed by atoms with Gasteiger partial charge in [-0.05, 0) is 6.07 Å². The Morgan fingerprint density at radius 3 is 2.25 bits per heavy atom. The van der Waals surface area contributed by atoms with Crippen LogP contribution in [0.4, 0.5) is 0 Å². The number of aliphatic hydroxyl groups is 3. The van der Waals surface area contributed by atoms with E-state index in [9.17, 15) is 18.6 Å². The number of hydrogen-bond acceptors (Lipinski definition) is 5. The Labute approximate surface area is 92.5 Å². The Hall–Kier alpha value is -0.990. The molecule has 1 rings (SSSR count). The Kier molecular flexibility index (Phi) is 4.00. The van der Waals surface area contributed by atoms with Crippen LogP contribution in [0.25, 0.3) is 0 Å². The number of aliphatic hydroxyl groups excluding tert-OH is 3. The third-order valence-corrected chi connectivity index (χ3v) is 2.99. The summed E-state index contributed by atoms with van der Waals surface area (Å²) in [5.41, 5.74) is -0.161. The highest BCUT2D eigenvalue weighted by molar-refractivity contribution is 7.85. The second-order valence-corrected chi connectivity index (χ2v) is 4.60. The standard InChI is InChI=1S/C9H12O6S/c10-5-7(11)9(12)6-3-1-2-4-8(6)16(13,14)15/h1-4,7,9-12H,5H2,(H,13,14,15). The van der Waals surface area contributed by atoms with Gasteiger partial charge in [-0.25, -0.2) is 0 Å². The van der Waals surface area contributed by atoms with E-state index in [4.69, 9.17) is 9.66 Å². The van der Waals surface area contributed by atoms with E-state index in [1.165, 1.54) is 18.2 Å². The summed E-state index contributed by atoms with van der Waals surface area (Å²) < 4.78 is 30.8. The average molecular weight is 248 g/mol. The van der Waals surface area contributed by atoms with Gasteiger partial charge in [0.05, 0.1) is 11.5 Å². The van der Waals surface area contributed by atoms with Gasteiger partial charge in [0.1, 0.15) is 12.2 Å². The summed E-state index contributed by atoms with van der Waals surface area (Å²) in [6.07, 6.45) is -3.09. The minimum Gasteiger partial charge on any atom is -0.394 e. The van der Waals surface area contributed by atoms with Gasteiger partial charge in [-0.2, -0.15) is 8.42 Å². The van der Waals surface area contributed by atoms with Crippen molar-refractivity contribution in [2.45, 2.75) is 17.1 Å². The molecule has 1 aromatic rings. The first-order valence-electron chi connectivity index (χ1n) is 4.41. The largest absolute Gasteiger partial charge is 0.394 e. The summed E-state index contributed by atoms with van der Waals surface area (Å²) in [5.74, 6) is 0. The van der Waals surface area contributed by atoms with Gasteiger partial charge in [-0.15, -0.1) is 0 Å². The van der Waals surface area contributed by atoms with Crippen molar-refractivity contribution < 1.29 is 28.3 Å². The van der Waals surface area contributed by atoms with Crippen molar-refractivity contribution in [2.24, 2.45) is 0 Å². The van der Waals surface area contributed by atoms with Crippen molar-refractivity contribution in [3.8, 4) is 0 Å². The Balaban J connectivity index is 3.24. The molecule has 1 aromatic carbocycles. The van der Waals surface area contributed by atoms with Gasteiger partial charge < -0.3 is 15.3 Å². The number of rotatable bonds is 4. The van der Waals surface area contributed by atoms with E-state index < -0.39 is 33.8 Å². The summed E-state index contributed by atoms with van der Waals surface area (Å²) in [6, 6.07) is 5.15. The molecule has 90 valence electrons. The van der Waals surface area contributed by atoms with Gasteiger partial charge in [-0.1, -0.05) is 18.2 Å². The van der Waals surface area contributed by atoms with Crippen LogP contribution in [0.15, 0.2) is 29.2 Å². The van der Waals surface area contributed by atoms with Crippen LogP contribution in [0.5, 0.6) is 0 Å². The average Bonchev–Trinajstić information content (AvgIpc) is 2.26. The van der Waals surface area contributed by atoms with Crippen molar-refractivity contribution in [2.75, 3.05) is 6.61 Å². The molecule has 0 aliphatic heterocycles. The fourth-order valence-electron chi connectivity index (χ4n) is 1.27. The van der Waals surface area contributed by atoms with Crippen LogP contribution in [-0.4, -0.2) is 41.0 Å². The Morgan fingerprint density at radius 2 is 1.75 bits per heavy atom. The zero-order chi connectivity index (χ0) is 12.3. The van der Waals surface area contributed by atoms with Crippen molar-refractivity contribution in [3.05, 3.63) is 29.8 Å². The van der Waals surface area contributed by atoms with Crippen LogP contribution in [-0.2, 0) is 10.1 Å². The summed E-state index contributed by atoms with van der Waals surface area (Å²) in [6.45, 7) is -0.721. The smallest absolute Gasteiger partial charge is 0.294 e. The van der Waals surface area contributed by atoms with Crippen molar-refractivity contribution >= 4 is 10.1 Å². The van der Waals surface area contributed by atoms with Crippen LogP contribution in [0, 0.1) is 0 Å². The fraction of sp³-hybridized carbons (Fsp3) is 0.333. The predicted octanol–water partition coefficient (Wildman–Crippen LogP) is -0.680.